The lowest BCUT2D eigenvalue weighted by atomic mass is 9.80. The minimum Gasteiger partial charge on any atom is -0.481 e. The number of carboxylic acids is 1. The number of fused-ring (bicyclic) bond motifs is 1. The van der Waals surface area contributed by atoms with Crippen LogP contribution < -0.4 is 4.90 Å². The number of halogens is 2. The van der Waals surface area contributed by atoms with Crippen molar-refractivity contribution in [3.8, 4) is 0 Å². The van der Waals surface area contributed by atoms with Crippen molar-refractivity contribution >= 4 is 46.3 Å². The highest BCUT2D eigenvalue weighted by atomic mass is 35.5. The van der Waals surface area contributed by atoms with Crippen molar-refractivity contribution in [2.45, 2.75) is 45.6 Å². The van der Waals surface area contributed by atoms with Gasteiger partial charge in [-0.2, -0.15) is 4.98 Å². The first-order valence-corrected chi connectivity index (χ1v) is 13.3. The summed E-state index contributed by atoms with van der Waals surface area (Å²) < 4.78 is 1.80. The molecular formula is C25H31Cl2N7O2. The summed E-state index contributed by atoms with van der Waals surface area (Å²) in [7, 11) is 0. The quantitative estimate of drug-likeness (QED) is 0.454. The van der Waals surface area contributed by atoms with Crippen molar-refractivity contribution in [3.63, 3.8) is 0 Å². The Morgan fingerprint density at radius 1 is 1.19 bits per heavy atom. The molecule has 4 heterocycles. The minimum atomic E-state index is -0.715. The van der Waals surface area contributed by atoms with Gasteiger partial charge in [0.1, 0.15) is 0 Å². The fourth-order valence-electron chi connectivity index (χ4n) is 5.43. The van der Waals surface area contributed by atoms with E-state index in [1.54, 1.807) is 10.7 Å². The van der Waals surface area contributed by atoms with Crippen molar-refractivity contribution in [3.05, 3.63) is 39.5 Å². The highest BCUT2D eigenvalue weighted by Gasteiger charge is 2.37. The molecular weight excluding hydrogens is 501 g/mol. The van der Waals surface area contributed by atoms with Gasteiger partial charge in [-0.1, -0.05) is 34.5 Å². The van der Waals surface area contributed by atoms with Crippen LogP contribution in [0.4, 0.5) is 5.95 Å². The van der Waals surface area contributed by atoms with E-state index in [-0.39, 0.29) is 12.5 Å². The number of likely N-dealkylation sites (tertiary alicyclic amines) is 1. The predicted octanol–water partition coefficient (Wildman–Crippen LogP) is 4.46. The molecule has 0 spiro atoms. The summed E-state index contributed by atoms with van der Waals surface area (Å²) in [6, 6.07) is 5.30. The molecule has 2 aliphatic rings. The summed E-state index contributed by atoms with van der Waals surface area (Å²) >= 11 is 12.5. The van der Waals surface area contributed by atoms with Crippen LogP contribution in [0, 0.1) is 18.8 Å². The number of piperidine rings is 1. The summed E-state index contributed by atoms with van der Waals surface area (Å²) in [4.78, 5) is 25.1. The number of carbonyl (C=O) groups is 1. The Balaban J connectivity index is 1.28. The summed E-state index contributed by atoms with van der Waals surface area (Å²) in [5.74, 6) is 1.22. The fraction of sp³-hybridized carbons (Fsp3) is 0.560. The summed E-state index contributed by atoms with van der Waals surface area (Å²) in [6.07, 6.45) is 3.36. The first-order valence-electron chi connectivity index (χ1n) is 12.5. The van der Waals surface area contributed by atoms with Crippen molar-refractivity contribution in [1.82, 2.24) is 29.9 Å². The average Bonchev–Trinajstić information content (AvgIpc) is 3.22. The lowest BCUT2D eigenvalue weighted by molar-refractivity contribution is -0.137. The Labute approximate surface area is 220 Å². The molecule has 2 atom stereocenters. The standard InChI is InChI=1S/C25H31Cl2N7O2/c1-15-23-24(34(31-30-23)16(2)20-8-7-19(26)11-21(20)27)29-25(28-15)33-13-18(14-33)17-5-3-9-32(12-17)10-4-6-22(35)36/h7-8,11,16-18H,3-6,9-10,12-14H2,1-2H3,(H,35,36)/t16-,17+/m1/s1. The second-order valence-corrected chi connectivity index (χ2v) is 10.9. The van der Waals surface area contributed by atoms with E-state index in [2.05, 4.69) is 20.1 Å². The fourth-order valence-corrected chi connectivity index (χ4v) is 6.00. The molecule has 0 aliphatic carbocycles. The molecule has 2 fully saturated rings. The van der Waals surface area contributed by atoms with Gasteiger partial charge in [0, 0.05) is 36.1 Å². The third kappa shape index (κ3) is 5.14. The molecule has 2 aliphatic heterocycles. The molecule has 2 aromatic heterocycles. The van der Waals surface area contributed by atoms with Gasteiger partial charge in [0.15, 0.2) is 11.2 Å². The molecule has 2 saturated heterocycles. The average molecular weight is 532 g/mol. The number of aryl methyl sites for hydroxylation is 1. The maximum absolute atomic E-state index is 10.8. The van der Waals surface area contributed by atoms with E-state index in [1.165, 1.54) is 12.8 Å². The van der Waals surface area contributed by atoms with Crippen molar-refractivity contribution < 1.29 is 9.90 Å². The molecule has 5 rings (SSSR count). The first kappa shape index (κ1) is 25.2. The van der Waals surface area contributed by atoms with Gasteiger partial charge in [0.05, 0.1) is 11.7 Å². The van der Waals surface area contributed by atoms with Crippen LogP contribution in [-0.4, -0.2) is 73.7 Å². The molecule has 3 aromatic rings. The number of anilines is 1. The Hall–Kier alpha value is -2.49. The normalized spacial score (nSPS) is 20.0. The van der Waals surface area contributed by atoms with Crippen LogP contribution in [0.2, 0.25) is 10.0 Å². The number of nitrogens with zero attached hydrogens (tertiary/aromatic N) is 7. The van der Waals surface area contributed by atoms with Gasteiger partial charge in [-0.15, -0.1) is 5.10 Å². The molecule has 0 radical (unpaired) electrons. The molecule has 0 unspecified atom stereocenters. The van der Waals surface area contributed by atoms with E-state index in [1.807, 2.05) is 26.0 Å². The van der Waals surface area contributed by atoms with E-state index in [9.17, 15) is 4.79 Å². The van der Waals surface area contributed by atoms with Gasteiger partial charge < -0.3 is 14.9 Å². The number of rotatable bonds is 8. The number of aliphatic carboxylic acids is 1. The molecule has 0 amide bonds. The number of benzene rings is 1. The van der Waals surface area contributed by atoms with Gasteiger partial charge in [0.25, 0.3) is 0 Å². The largest absolute Gasteiger partial charge is 0.481 e. The maximum Gasteiger partial charge on any atom is 0.303 e. The van der Waals surface area contributed by atoms with Crippen LogP contribution in [0.3, 0.4) is 0 Å². The van der Waals surface area contributed by atoms with Gasteiger partial charge in [-0.25, -0.2) is 9.67 Å². The summed E-state index contributed by atoms with van der Waals surface area (Å²) in [6.45, 7) is 8.80. The van der Waals surface area contributed by atoms with E-state index < -0.39 is 5.97 Å². The molecule has 0 saturated carbocycles. The van der Waals surface area contributed by atoms with Gasteiger partial charge in [-0.05, 0) is 75.7 Å². The van der Waals surface area contributed by atoms with Gasteiger partial charge >= 0.3 is 5.97 Å². The van der Waals surface area contributed by atoms with E-state index in [4.69, 9.17) is 38.3 Å². The highest BCUT2D eigenvalue weighted by Crippen LogP contribution is 2.34. The molecule has 1 N–H and O–H groups in total. The molecule has 0 bridgehead atoms. The van der Waals surface area contributed by atoms with Crippen molar-refractivity contribution in [1.29, 1.82) is 0 Å². The number of carboxylic acid groups (broad SMARTS) is 1. The van der Waals surface area contributed by atoms with Crippen LogP contribution >= 0.6 is 23.2 Å². The molecule has 1 aromatic carbocycles. The van der Waals surface area contributed by atoms with E-state index in [0.29, 0.717) is 45.4 Å². The maximum atomic E-state index is 10.8. The Bertz CT molecular complexity index is 1260. The van der Waals surface area contributed by atoms with E-state index >= 15 is 0 Å². The van der Waals surface area contributed by atoms with Crippen molar-refractivity contribution in [2.24, 2.45) is 11.8 Å². The Morgan fingerprint density at radius 2 is 2.00 bits per heavy atom. The molecule has 36 heavy (non-hydrogen) atoms. The number of hydrogen-bond acceptors (Lipinski definition) is 7. The van der Waals surface area contributed by atoms with Crippen LogP contribution in [-0.2, 0) is 4.79 Å². The lowest BCUT2D eigenvalue weighted by Crippen LogP contribution is -2.54. The van der Waals surface area contributed by atoms with Crippen LogP contribution in [0.5, 0.6) is 0 Å². The minimum absolute atomic E-state index is 0.166. The Kier molecular flexibility index (Phi) is 7.32. The highest BCUT2D eigenvalue weighted by molar-refractivity contribution is 6.35. The van der Waals surface area contributed by atoms with Gasteiger partial charge in [0.2, 0.25) is 5.95 Å². The molecule has 11 heteroatoms. The third-order valence-corrected chi connectivity index (χ3v) is 8.09. The van der Waals surface area contributed by atoms with Crippen LogP contribution in [0.15, 0.2) is 18.2 Å². The lowest BCUT2D eigenvalue weighted by Gasteiger charge is -2.46. The molecule has 9 nitrogen and oxygen atoms in total. The summed E-state index contributed by atoms with van der Waals surface area (Å²) in [5.41, 5.74) is 3.10. The number of hydrogen-bond donors (Lipinski definition) is 1. The monoisotopic (exact) mass is 531 g/mol. The van der Waals surface area contributed by atoms with Gasteiger partial charge in [-0.3, -0.25) is 4.79 Å². The SMILES string of the molecule is Cc1nc(N2CC([C@H]3CCCN(CCCC(=O)O)C3)C2)nc2c1nnn2[C@H](C)c1ccc(Cl)cc1Cl. The van der Waals surface area contributed by atoms with Crippen LogP contribution in [0.1, 0.15) is 49.9 Å². The Morgan fingerprint density at radius 3 is 2.75 bits per heavy atom. The van der Waals surface area contributed by atoms with Crippen LogP contribution in [0.25, 0.3) is 11.2 Å². The second-order valence-electron chi connectivity index (χ2n) is 10.0. The topological polar surface area (TPSA) is 100 Å². The third-order valence-electron chi connectivity index (χ3n) is 7.53. The zero-order valence-electron chi connectivity index (χ0n) is 20.6. The zero-order chi connectivity index (χ0) is 25.4. The second kappa shape index (κ2) is 10.5. The first-order chi connectivity index (χ1) is 17.3. The predicted molar refractivity (Wildman–Crippen MR) is 140 cm³/mol. The smallest absolute Gasteiger partial charge is 0.303 e. The van der Waals surface area contributed by atoms with Crippen molar-refractivity contribution in [2.75, 3.05) is 37.6 Å². The zero-order valence-corrected chi connectivity index (χ0v) is 22.1. The summed E-state index contributed by atoms with van der Waals surface area (Å²) in [5, 5.41) is 18.8. The van der Waals surface area contributed by atoms with E-state index in [0.717, 1.165) is 44.0 Å². The molecule has 192 valence electrons. The number of aromatic nitrogens is 5.